The normalized spacial score (nSPS) is 18.6. The van der Waals surface area contributed by atoms with Gasteiger partial charge in [0, 0.05) is 13.1 Å². The van der Waals surface area contributed by atoms with Crippen molar-refractivity contribution in [1.29, 1.82) is 0 Å². The quantitative estimate of drug-likeness (QED) is 0.698. The minimum Gasteiger partial charge on any atom is -0.362 e. The van der Waals surface area contributed by atoms with E-state index in [1.807, 2.05) is 27.7 Å². The predicted molar refractivity (Wildman–Crippen MR) is 75.1 cm³/mol. The van der Waals surface area contributed by atoms with Crippen molar-refractivity contribution in [1.82, 2.24) is 4.90 Å². The first kappa shape index (κ1) is 16.5. The van der Waals surface area contributed by atoms with E-state index in [0.717, 1.165) is 12.8 Å². The van der Waals surface area contributed by atoms with E-state index >= 15 is 0 Å². The fourth-order valence-electron chi connectivity index (χ4n) is 2.11. The van der Waals surface area contributed by atoms with Crippen molar-refractivity contribution in [2.45, 2.75) is 66.1 Å². The fraction of sp³-hybridized carbons (Fsp3) is 0.867. The fourth-order valence-corrected chi connectivity index (χ4v) is 2.11. The Morgan fingerprint density at radius 2 is 1.88 bits per heavy atom. The molecule has 1 heterocycles. The topological polar surface area (TPSA) is 12.5 Å². The third kappa shape index (κ3) is 7.41. The van der Waals surface area contributed by atoms with E-state index in [1.54, 1.807) is 0 Å². The number of nitrogens with zero attached hydrogens (tertiary/aromatic N) is 1. The van der Waals surface area contributed by atoms with Crippen molar-refractivity contribution in [2.75, 3.05) is 19.6 Å². The maximum Gasteiger partial charge on any atom is 0.115 e. The van der Waals surface area contributed by atoms with Crippen LogP contribution in [0.1, 0.15) is 53.9 Å². The molecule has 17 heavy (non-hydrogen) atoms. The molecule has 1 fully saturated rings. The van der Waals surface area contributed by atoms with Crippen molar-refractivity contribution in [3.05, 3.63) is 0 Å². The Bertz CT molecular complexity index is 221. The molecule has 0 bridgehead atoms. The van der Waals surface area contributed by atoms with Crippen LogP contribution in [0, 0.1) is 11.8 Å². The summed E-state index contributed by atoms with van der Waals surface area (Å²) >= 11 is 0. The van der Waals surface area contributed by atoms with E-state index in [4.69, 9.17) is 4.74 Å². The third-order valence-electron chi connectivity index (χ3n) is 2.82. The van der Waals surface area contributed by atoms with E-state index in [9.17, 15) is 0 Å². The van der Waals surface area contributed by atoms with Crippen LogP contribution in [0.15, 0.2) is 0 Å². The minimum absolute atomic E-state index is 0.0951. The minimum atomic E-state index is 0.0951. The molecule has 0 aromatic carbocycles. The van der Waals surface area contributed by atoms with Crippen LogP contribution in [0.5, 0.6) is 0 Å². The monoisotopic (exact) mass is 239 g/mol. The summed E-state index contributed by atoms with van der Waals surface area (Å²) in [5.41, 5.74) is 0. The van der Waals surface area contributed by atoms with Gasteiger partial charge < -0.3 is 9.64 Å². The summed E-state index contributed by atoms with van der Waals surface area (Å²) in [5.74, 6) is 5.94. The van der Waals surface area contributed by atoms with Crippen molar-refractivity contribution in [3.8, 4) is 11.8 Å². The number of piperidine rings is 1. The van der Waals surface area contributed by atoms with Gasteiger partial charge in [-0.05, 0) is 39.7 Å². The SMILES string of the molecule is CC.CC#C[C@H](C)OC1CCN(CCC)CC1. The van der Waals surface area contributed by atoms with E-state index in [1.165, 1.54) is 26.1 Å². The van der Waals surface area contributed by atoms with Crippen LogP contribution in [0.3, 0.4) is 0 Å². The molecule has 0 spiro atoms. The lowest BCUT2D eigenvalue weighted by molar-refractivity contribution is -0.0117. The molecule has 0 aliphatic carbocycles. The van der Waals surface area contributed by atoms with Crippen molar-refractivity contribution in [3.63, 3.8) is 0 Å². The van der Waals surface area contributed by atoms with Gasteiger partial charge in [0.1, 0.15) is 6.10 Å². The second-order valence-electron chi connectivity index (χ2n) is 4.21. The molecule has 1 rings (SSSR count). The summed E-state index contributed by atoms with van der Waals surface area (Å²) in [6.07, 6.45) is 4.10. The Morgan fingerprint density at radius 3 is 2.35 bits per heavy atom. The van der Waals surface area contributed by atoms with E-state index < -0.39 is 0 Å². The van der Waals surface area contributed by atoms with Gasteiger partial charge >= 0.3 is 0 Å². The molecule has 2 heteroatoms. The zero-order valence-corrected chi connectivity index (χ0v) is 12.3. The Hall–Kier alpha value is -0.520. The Labute approximate surface area is 108 Å². The summed E-state index contributed by atoms with van der Waals surface area (Å²) in [5, 5.41) is 0. The zero-order valence-electron chi connectivity index (χ0n) is 12.3. The molecule has 0 amide bonds. The smallest absolute Gasteiger partial charge is 0.115 e. The second kappa shape index (κ2) is 10.6. The molecule has 0 aromatic heterocycles. The lowest BCUT2D eigenvalue weighted by Crippen LogP contribution is -2.38. The molecular formula is C15H29NO. The van der Waals surface area contributed by atoms with Crippen LogP contribution >= 0.6 is 0 Å². The maximum absolute atomic E-state index is 5.86. The highest BCUT2D eigenvalue weighted by molar-refractivity contribution is 5.01. The van der Waals surface area contributed by atoms with Gasteiger partial charge in [-0.2, -0.15) is 0 Å². The van der Waals surface area contributed by atoms with Crippen molar-refractivity contribution >= 4 is 0 Å². The first-order chi connectivity index (χ1) is 8.26. The molecule has 1 saturated heterocycles. The predicted octanol–water partition coefficient (Wildman–Crippen LogP) is 3.32. The van der Waals surface area contributed by atoms with Crippen LogP contribution < -0.4 is 0 Å². The summed E-state index contributed by atoms with van der Waals surface area (Å²) in [6.45, 7) is 13.7. The van der Waals surface area contributed by atoms with Crippen molar-refractivity contribution in [2.24, 2.45) is 0 Å². The molecule has 2 nitrogen and oxygen atoms in total. The molecular weight excluding hydrogens is 210 g/mol. The maximum atomic E-state index is 5.86. The zero-order chi connectivity index (χ0) is 13.1. The average Bonchev–Trinajstić information content (AvgIpc) is 2.35. The molecule has 100 valence electrons. The molecule has 0 unspecified atom stereocenters. The highest BCUT2D eigenvalue weighted by atomic mass is 16.5. The van der Waals surface area contributed by atoms with Crippen LogP contribution in [0.2, 0.25) is 0 Å². The molecule has 0 saturated carbocycles. The summed E-state index contributed by atoms with van der Waals surface area (Å²) in [7, 11) is 0. The molecule has 1 atom stereocenters. The average molecular weight is 239 g/mol. The van der Waals surface area contributed by atoms with Gasteiger partial charge in [0.15, 0.2) is 0 Å². The Balaban J connectivity index is 0.00000121. The highest BCUT2D eigenvalue weighted by Gasteiger charge is 2.20. The standard InChI is InChI=1S/C13H23NO.C2H6/c1-4-6-12(3)15-13-7-10-14(9-5-2)11-8-13;1-2/h12-13H,5,7-11H2,1-3H3;1-2H3/t12-;/m0./s1. The number of likely N-dealkylation sites (tertiary alicyclic amines) is 1. The third-order valence-corrected chi connectivity index (χ3v) is 2.82. The number of ether oxygens (including phenoxy) is 1. The van der Waals surface area contributed by atoms with Crippen LogP contribution in [-0.4, -0.2) is 36.7 Å². The number of hydrogen-bond donors (Lipinski definition) is 0. The van der Waals surface area contributed by atoms with Gasteiger partial charge in [-0.1, -0.05) is 26.7 Å². The Morgan fingerprint density at radius 1 is 1.29 bits per heavy atom. The molecule has 0 radical (unpaired) electrons. The molecule has 1 aliphatic heterocycles. The van der Waals surface area contributed by atoms with E-state index in [0.29, 0.717) is 6.10 Å². The largest absolute Gasteiger partial charge is 0.362 e. The van der Waals surface area contributed by atoms with E-state index in [2.05, 4.69) is 23.7 Å². The summed E-state index contributed by atoms with van der Waals surface area (Å²) in [4.78, 5) is 2.52. The lowest BCUT2D eigenvalue weighted by atomic mass is 10.1. The van der Waals surface area contributed by atoms with Gasteiger partial charge in [-0.25, -0.2) is 0 Å². The van der Waals surface area contributed by atoms with Crippen LogP contribution in [-0.2, 0) is 4.74 Å². The molecule has 1 aliphatic rings. The summed E-state index contributed by atoms with van der Waals surface area (Å²) < 4.78 is 5.86. The van der Waals surface area contributed by atoms with E-state index in [-0.39, 0.29) is 6.10 Å². The first-order valence-corrected chi connectivity index (χ1v) is 7.06. The van der Waals surface area contributed by atoms with Gasteiger partial charge in [0.25, 0.3) is 0 Å². The molecule has 0 N–H and O–H groups in total. The highest BCUT2D eigenvalue weighted by Crippen LogP contribution is 2.15. The number of hydrogen-bond acceptors (Lipinski definition) is 2. The molecule has 0 aromatic rings. The Kier molecular flexibility index (Phi) is 10.3. The first-order valence-electron chi connectivity index (χ1n) is 7.06. The van der Waals surface area contributed by atoms with Gasteiger partial charge in [0.05, 0.1) is 6.10 Å². The second-order valence-corrected chi connectivity index (χ2v) is 4.21. The van der Waals surface area contributed by atoms with Crippen LogP contribution in [0.25, 0.3) is 0 Å². The number of rotatable bonds is 4. The van der Waals surface area contributed by atoms with Gasteiger partial charge in [-0.3, -0.25) is 0 Å². The summed E-state index contributed by atoms with van der Waals surface area (Å²) in [6, 6.07) is 0. The lowest BCUT2D eigenvalue weighted by Gasteiger charge is -2.32. The van der Waals surface area contributed by atoms with Crippen LogP contribution in [0.4, 0.5) is 0 Å². The van der Waals surface area contributed by atoms with Gasteiger partial charge in [-0.15, -0.1) is 5.92 Å². The van der Waals surface area contributed by atoms with Gasteiger partial charge in [0.2, 0.25) is 0 Å². The van der Waals surface area contributed by atoms with Crippen molar-refractivity contribution < 1.29 is 4.74 Å².